The lowest BCUT2D eigenvalue weighted by molar-refractivity contribution is -0.131. The Bertz CT molecular complexity index is 1250. The number of nitrogens with one attached hydrogen (secondary N) is 3. The minimum Gasteiger partial charge on any atom is -0.361 e. The van der Waals surface area contributed by atoms with Crippen LogP contribution in [0.15, 0.2) is 54.7 Å². The van der Waals surface area contributed by atoms with Gasteiger partial charge in [0.1, 0.15) is 5.54 Å². The van der Waals surface area contributed by atoms with Crippen molar-refractivity contribution in [3.8, 4) is 0 Å². The third-order valence-corrected chi connectivity index (χ3v) is 7.39. The summed E-state index contributed by atoms with van der Waals surface area (Å²) in [6, 6.07) is 15.2. The Labute approximate surface area is 202 Å². The van der Waals surface area contributed by atoms with Gasteiger partial charge in [0, 0.05) is 47.6 Å². The number of halogens is 1. The van der Waals surface area contributed by atoms with Crippen LogP contribution in [0, 0.1) is 0 Å². The summed E-state index contributed by atoms with van der Waals surface area (Å²) < 4.78 is 0. The molecule has 7 nitrogen and oxygen atoms in total. The highest BCUT2D eigenvalue weighted by Gasteiger charge is 2.52. The molecule has 34 heavy (non-hydrogen) atoms. The minimum absolute atomic E-state index is 0.0539. The Hall–Kier alpha value is -3.32. The first-order valence-electron chi connectivity index (χ1n) is 11.7. The van der Waals surface area contributed by atoms with E-state index in [0.717, 1.165) is 34.9 Å². The number of aromatic amines is 1. The largest absolute Gasteiger partial charge is 0.361 e. The van der Waals surface area contributed by atoms with Gasteiger partial charge in [-0.3, -0.25) is 14.5 Å². The predicted octanol–water partition coefficient (Wildman–Crippen LogP) is 4.32. The molecule has 176 valence electrons. The third-order valence-electron chi connectivity index (χ3n) is 7.05. The van der Waals surface area contributed by atoms with Gasteiger partial charge in [-0.1, -0.05) is 60.8 Å². The molecular formula is C26H27ClN4O3. The monoisotopic (exact) mass is 478 g/mol. The highest BCUT2D eigenvalue weighted by molar-refractivity contribution is 6.31. The van der Waals surface area contributed by atoms with Gasteiger partial charge in [0.15, 0.2) is 0 Å². The molecule has 1 atom stereocenters. The van der Waals surface area contributed by atoms with Crippen molar-refractivity contribution >= 4 is 40.3 Å². The maximum Gasteiger partial charge on any atom is 0.325 e. The molecule has 5 rings (SSSR count). The topological polar surface area (TPSA) is 94.3 Å². The number of hydrogen-bond acceptors (Lipinski definition) is 3. The van der Waals surface area contributed by atoms with Crippen LogP contribution < -0.4 is 10.6 Å². The maximum atomic E-state index is 12.8. The lowest BCUT2D eigenvalue weighted by atomic mass is 9.90. The average molecular weight is 479 g/mol. The number of nitrogens with zero attached hydrogens (tertiary/aromatic N) is 1. The average Bonchev–Trinajstić information content (AvgIpc) is 3.53. The number of hydrogen-bond donors (Lipinski definition) is 3. The fraction of sp³-hybridized carbons (Fsp3) is 0.346. The second kappa shape index (κ2) is 9.14. The minimum atomic E-state index is -0.752. The number of rotatable bonds is 7. The predicted molar refractivity (Wildman–Crippen MR) is 131 cm³/mol. The van der Waals surface area contributed by atoms with Gasteiger partial charge in [-0.2, -0.15) is 0 Å². The smallest absolute Gasteiger partial charge is 0.325 e. The van der Waals surface area contributed by atoms with Gasteiger partial charge in [-0.15, -0.1) is 0 Å². The van der Waals surface area contributed by atoms with Crippen LogP contribution in [0.5, 0.6) is 0 Å². The molecule has 2 aromatic carbocycles. The summed E-state index contributed by atoms with van der Waals surface area (Å²) in [7, 11) is 0. The molecule has 0 radical (unpaired) electrons. The van der Waals surface area contributed by atoms with E-state index in [1.54, 1.807) is 0 Å². The van der Waals surface area contributed by atoms with Crippen LogP contribution in [-0.4, -0.2) is 46.4 Å². The molecule has 3 aromatic rings. The number of carbonyl (C=O) groups is 3. The summed E-state index contributed by atoms with van der Waals surface area (Å²) in [5.74, 6) is -0.576. The van der Waals surface area contributed by atoms with E-state index < -0.39 is 11.6 Å². The molecule has 2 fully saturated rings. The van der Waals surface area contributed by atoms with E-state index in [1.165, 1.54) is 4.90 Å². The third kappa shape index (κ3) is 4.05. The Morgan fingerprint density at radius 1 is 1.06 bits per heavy atom. The Kier molecular flexibility index (Phi) is 6.04. The SMILES string of the molecule is O=C(CCN1C(=O)NC2(CCCC2)C1=O)NC[C@H](c1ccccc1Cl)c1c[nH]c2ccccc12. The second-order valence-electron chi connectivity index (χ2n) is 9.09. The van der Waals surface area contributed by atoms with Crippen LogP contribution in [-0.2, 0) is 9.59 Å². The summed E-state index contributed by atoms with van der Waals surface area (Å²) in [5, 5.41) is 7.55. The van der Waals surface area contributed by atoms with Crippen LogP contribution in [0.2, 0.25) is 5.02 Å². The first-order chi connectivity index (χ1) is 16.5. The summed E-state index contributed by atoms with van der Waals surface area (Å²) in [4.78, 5) is 42.4. The number of carbonyl (C=O) groups excluding carboxylic acids is 3. The molecule has 0 unspecified atom stereocenters. The molecule has 1 aliphatic carbocycles. The molecule has 2 aliphatic rings. The molecule has 1 saturated heterocycles. The Morgan fingerprint density at radius 2 is 1.79 bits per heavy atom. The van der Waals surface area contributed by atoms with E-state index in [1.807, 2.05) is 54.7 Å². The molecule has 0 bridgehead atoms. The van der Waals surface area contributed by atoms with Crippen molar-refractivity contribution in [2.45, 2.75) is 43.6 Å². The van der Waals surface area contributed by atoms with Crippen LogP contribution in [0.4, 0.5) is 4.79 Å². The van der Waals surface area contributed by atoms with Crippen molar-refractivity contribution in [3.05, 3.63) is 70.9 Å². The van der Waals surface area contributed by atoms with Crippen molar-refractivity contribution in [1.82, 2.24) is 20.5 Å². The molecule has 2 heterocycles. The van der Waals surface area contributed by atoms with E-state index >= 15 is 0 Å². The van der Waals surface area contributed by atoms with Gasteiger partial charge in [0.2, 0.25) is 5.91 Å². The lowest BCUT2D eigenvalue weighted by Gasteiger charge is -2.21. The molecule has 1 aliphatic heterocycles. The van der Waals surface area contributed by atoms with Crippen LogP contribution in [0.3, 0.4) is 0 Å². The second-order valence-corrected chi connectivity index (χ2v) is 9.50. The van der Waals surface area contributed by atoms with Gasteiger partial charge >= 0.3 is 6.03 Å². The number of amides is 4. The summed E-state index contributed by atoms with van der Waals surface area (Å²) >= 11 is 6.53. The summed E-state index contributed by atoms with van der Waals surface area (Å²) in [6.07, 6.45) is 5.21. The Morgan fingerprint density at radius 3 is 2.59 bits per heavy atom. The molecule has 1 aromatic heterocycles. The summed E-state index contributed by atoms with van der Waals surface area (Å²) in [6.45, 7) is 0.413. The van der Waals surface area contributed by atoms with Crippen molar-refractivity contribution in [2.24, 2.45) is 0 Å². The number of para-hydroxylation sites is 1. The van der Waals surface area contributed by atoms with Crippen molar-refractivity contribution < 1.29 is 14.4 Å². The zero-order valence-corrected chi connectivity index (χ0v) is 19.5. The van der Waals surface area contributed by atoms with Crippen LogP contribution in [0.1, 0.15) is 49.1 Å². The van der Waals surface area contributed by atoms with E-state index in [4.69, 9.17) is 11.6 Å². The fourth-order valence-electron chi connectivity index (χ4n) is 5.24. The number of benzene rings is 2. The number of H-pyrrole nitrogens is 1. The summed E-state index contributed by atoms with van der Waals surface area (Å²) in [5.41, 5.74) is 2.23. The fourth-order valence-corrected chi connectivity index (χ4v) is 5.51. The van der Waals surface area contributed by atoms with Crippen LogP contribution in [0.25, 0.3) is 10.9 Å². The standard InChI is InChI=1S/C26H27ClN4O3/c27-21-9-3-1-7-17(21)19(20-15-28-22-10-4-2-8-18(20)22)16-29-23(32)11-14-31-24(33)26(30-25(31)34)12-5-6-13-26/h1-4,7-10,15,19,28H,5-6,11-14,16H2,(H,29,32)(H,30,34)/t19-/m1/s1. The van der Waals surface area contributed by atoms with Crippen LogP contribution >= 0.6 is 11.6 Å². The molecule has 4 amide bonds. The molecule has 1 saturated carbocycles. The quantitative estimate of drug-likeness (QED) is 0.441. The first-order valence-corrected chi connectivity index (χ1v) is 12.1. The zero-order valence-electron chi connectivity index (χ0n) is 18.8. The number of aromatic nitrogens is 1. The molecule has 8 heteroatoms. The first kappa shape index (κ1) is 22.5. The van der Waals surface area contributed by atoms with Crippen molar-refractivity contribution in [1.29, 1.82) is 0 Å². The molecular weight excluding hydrogens is 452 g/mol. The van der Waals surface area contributed by atoms with E-state index in [0.29, 0.717) is 24.4 Å². The van der Waals surface area contributed by atoms with Gasteiger partial charge in [0.05, 0.1) is 0 Å². The molecule has 3 N–H and O–H groups in total. The van der Waals surface area contributed by atoms with Gasteiger partial charge in [0.25, 0.3) is 5.91 Å². The number of fused-ring (bicyclic) bond motifs is 1. The lowest BCUT2D eigenvalue weighted by Crippen LogP contribution is -2.44. The normalized spacial score (nSPS) is 18.0. The van der Waals surface area contributed by atoms with Gasteiger partial charge < -0.3 is 15.6 Å². The van der Waals surface area contributed by atoms with Gasteiger partial charge in [-0.05, 0) is 36.1 Å². The van der Waals surface area contributed by atoms with Crippen molar-refractivity contribution in [2.75, 3.05) is 13.1 Å². The van der Waals surface area contributed by atoms with Crippen molar-refractivity contribution in [3.63, 3.8) is 0 Å². The number of urea groups is 1. The van der Waals surface area contributed by atoms with Gasteiger partial charge in [-0.25, -0.2) is 4.79 Å². The Balaban J connectivity index is 1.28. The number of imide groups is 1. The zero-order chi connectivity index (χ0) is 23.7. The van der Waals surface area contributed by atoms with E-state index in [-0.39, 0.29) is 30.7 Å². The van der Waals surface area contributed by atoms with E-state index in [9.17, 15) is 14.4 Å². The highest BCUT2D eigenvalue weighted by Crippen LogP contribution is 2.36. The highest BCUT2D eigenvalue weighted by atomic mass is 35.5. The van der Waals surface area contributed by atoms with E-state index in [2.05, 4.69) is 15.6 Å². The molecule has 1 spiro atoms. The maximum absolute atomic E-state index is 12.8.